The molecule has 2 aliphatic rings. The van der Waals surface area contributed by atoms with Crippen molar-refractivity contribution < 1.29 is 0 Å². The van der Waals surface area contributed by atoms with Gasteiger partial charge >= 0.3 is 0 Å². The van der Waals surface area contributed by atoms with Crippen LogP contribution in [-0.2, 0) is 6.54 Å². The van der Waals surface area contributed by atoms with E-state index in [4.69, 9.17) is 0 Å². The number of halogens is 1. The zero-order valence-corrected chi connectivity index (χ0v) is 14.2. The van der Waals surface area contributed by atoms with Gasteiger partial charge in [-0.15, -0.1) is 11.3 Å². The summed E-state index contributed by atoms with van der Waals surface area (Å²) < 4.78 is 1.22. The third-order valence-corrected chi connectivity index (χ3v) is 6.39. The Morgan fingerprint density at radius 3 is 2.89 bits per heavy atom. The fourth-order valence-corrected chi connectivity index (χ4v) is 4.70. The molecule has 3 rings (SSSR count). The molecule has 1 aromatic rings. The largest absolute Gasteiger partial charge is 0.310 e. The summed E-state index contributed by atoms with van der Waals surface area (Å²) in [6.07, 6.45) is 4.08. The van der Waals surface area contributed by atoms with E-state index in [0.29, 0.717) is 11.6 Å². The Kier molecular flexibility index (Phi) is 4.05. The van der Waals surface area contributed by atoms with Gasteiger partial charge in [-0.25, -0.2) is 0 Å². The van der Waals surface area contributed by atoms with Crippen molar-refractivity contribution in [2.45, 2.75) is 51.2 Å². The first-order valence-corrected chi connectivity index (χ1v) is 8.96. The van der Waals surface area contributed by atoms with Crippen LogP contribution in [0.1, 0.15) is 38.0 Å². The van der Waals surface area contributed by atoms with Gasteiger partial charge in [0.05, 0.1) is 0 Å². The van der Waals surface area contributed by atoms with Crippen molar-refractivity contribution in [1.29, 1.82) is 0 Å². The Morgan fingerprint density at radius 2 is 2.26 bits per heavy atom. The van der Waals surface area contributed by atoms with Crippen molar-refractivity contribution in [2.24, 2.45) is 5.92 Å². The fourth-order valence-electron chi connectivity index (χ4n) is 3.23. The number of thiophene rings is 1. The summed E-state index contributed by atoms with van der Waals surface area (Å²) in [5.41, 5.74) is 0.333. The molecular formula is C15H23BrN2S. The number of nitrogens with one attached hydrogen (secondary N) is 1. The molecule has 2 unspecified atom stereocenters. The molecule has 2 atom stereocenters. The van der Waals surface area contributed by atoms with Crippen molar-refractivity contribution in [2.75, 3.05) is 13.1 Å². The van der Waals surface area contributed by atoms with Crippen LogP contribution in [0.2, 0.25) is 0 Å². The van der Waals surface area contributed by atoms with Crippen LogP contribution < -0.4 is 5.32 Å². The maximum atomic E-state index is 3.82. The lowest BCUT2D eigenvalue weighted by Crippen LogP contribution is -2.51. The molecule has 0 radical (unpaired) electrons. The van der Waals surface area contributed by atoms with Crippen LogP contribution in [0.5, 0.6) is 0 Å². The molecule has 106 valence electrons. The first-order chi connectivity index (χ1) is 9.07. The third kappa shape index (κ3) is 3.23. The van der Waals surface area contributed by atoms with Crippen LogP contribution in [0.4, 0.5) is 0 Å². The Balaban J connectivity index is 1.73. The highest BCUT2D eigenvalue weighted by molar-refractivity contribution is 9.10. The van der Waals surface area contributed by atoms with Crippen molar-refractivity contribution in [3.8, 4) is 0 Å². The van der Waals surface area contributed by atoms with E-state index in [1.165, 1.54) is 41.7 Å². The topological polar surface area (TPSA) is 15.3 Å². The SMILES string of the molecule is CC1CCNC(C)(C2CC2)CN1Cc1cc(Br)cs1. The van der Waals surface area contributed by atoms with E-state index in [1.54, 1.807) is 0 Å². The zero-order chi connectivity index (χ0) is 13.5. The van der Waals surface area contributed by atoms with Gasteiger partial charge in [-0.2, -0.15) is 0 Å². The van der Waals surface area contributed by atoms with E-state index in [9.17, 15) is 0 Å². The molecule has 0 spiro atoms. The molecule has 4 heteroatoms. The molecule has 19 heavy (non-hydrogen) atoms. The van der Waals surface area contributed by atoms with Gasteiger partial charge in [0.1, 0.15) is 0 Å². The van der Waals surface area contributed by atoms with Crippen molar-refractivity contribution in [3.05, 3.63) is 20.8 Å². The third-order valence-electron chi connectivity index (χ3n) is 4.70. The maximum absolute atomic E-state index is 3.82. The van der Waals surface area contributed by atoms with Gasteiger partial charge in [-0.05, 0) is 67.6 Å². The first kappa shape index (κ1) is 14.1. The van der Waals surface area contributed by atoms with E-state index in [1.807, 2.05) is 11.3 Å². The molecule has 1 aromatic heterocycles. The summed E-state index contributed by atoms with van der Waals surface area (Å²) in [4.78, 5) is 4.15. The average Bonchev–Trinajstić information content (AvgIpc) is 3.14. The second-order valence-electron chi connectivity index (χ2n) is 6.39. The predicted octanol–water partition coefficient (Wildman–Crippen LogP) is 3.86. The van der Waals surface area contributed by atoms with Crippen LogP contribution in [0.25, 0.3) is 0 Å². The molecule has 2 nitrogen and oxygen atoms in total. The Morgan fingerprint density at radius 1 is 1.47 bits per heavy atom. The van der Waals surface area contributed by atoms with E-state index in [2.05, 4.69) is 51.4 Å². The highest BCUT2D eigenvalue weighted by Crippen LogP contribution is 2.41. The van der Waals surface area contributed by atoms with E-state index >= 15 is 0 Å². The molecule has 1 aliphatic carbocycles. The van der Waals surface area contributed by atoms with Crippen molar-refractivity contribution in [1.82, 2.24) is 10.2 Å². The van der Waals surface area contributed by atoms with Gasteiger partial charge < -0.3 is 5.32 Å². The van der Waals surface area contributed by atoms with Gasteiger partial charge in [0.25, 0.3) is 0 Å². The standard InChI is InChI=1S/C15H23BrN2S/c1-11-5-6-17-15(2,12-3-4-12)10-18(11)8-14-7-13(16)9-19-14/h7,9,11-12,17H,3-6,8,10H2,1-2H3. The van der Waals surface area contributed by atoms with Gasteiger partial charge in [0.15, 0.2) is 0 Å². The Labute approximate surface area is 128 Å². The summed E-state index contributed by atoms with van der Waals surface area (Å²) >= 11 is 5.43. The quantitative estimate of drug-likeness (QED) is 0.896. The monoisotopic (exact) mass is 342 g/mol. The van der Waals surface area contributed by atoms with Gasteiger partial charge in [0.2, 0.25) is 0 Å². The summed E-state index contributed by atoms with van der Waals surface area (Å²) in [6, 6.07) is 2.94. The van der Waals surface area contributed by atoms with Gasteiger partial charge in [-0.1, -0.05) is 0 Å². The maximum Gasteiger partial charge on any atom is 0.0331 e. The Hall–Kier alpha value is 0.1000. The van der Waals surface area contributed by atoms with Crippen LogP contribution in [0, 0.1) is 5.92 Å². The molecule has 2 heterocycles. The van der Waals surface area contributed by atoms with E-state index in [0.717, 1.165) is 12.5 Å². The second kappa shape index (κ2) is 5.47. The van der Waals surface area contributed by atoms with E-state index < -0.39 is 0 Å². The van der Waals surface area contributed by atoms with E-state index in [-0.39, 0.29) is 0 Å². The predicted molar refractivity (Wildman–Crippen MR) is 85.6 cm³/mol. The zero-order valence-electron chi connectivity index (χ0n) is 11.8. The number of nitrogens with zero attached hydrogens (tertiary/aromatic N) is 1. The minimum absolute atomic E-state index is 0.333. The van der Waals surface area contributed by atoms with Crippen LogP contribution in [0.3, 0.4) is 0 Å². The summed E-state index contributed by atoms with van der Waals surface area (Å²) in [6.45, 7) is 8.26. The highest BCUT2D eigenvalue weighted by atomic mass is 79.9. The molecule has 1 N–H and O–H groups in total. The molecule has 1 aliphatic heterocycles. The summed E-state index contributed by atoms with van der Waals surface area (Å²) in [5, 5.41) is 6.01. The lowest BCUT2D eigenvalue weighted by atomic mass is 9.95. The van der Waals surface area contributed by atoms with Gasteiger partial charge in [0, 0.05) is 39.4 Å². The summed E-state index contributed by atoms with van der Waals surface area (Å²) in [7, 11) is 0. The highest BCUT2D eigenvalue weighted by Gasteiger charge is 2.43. The lowest BCUT2D eigenvalue weighted by molar-refractivity contribution is 0.156. The molecule has 2 fully saturated rings. The number of rotatable bonds is 3. The minimum Gasteiger partial charge on any atom is -0.310 e. The molecule has 1 saturated heterocycles. The fraction of sp³-hybridized carbons (Fsp3) is 0.733. The smallest absolute Gasteiger partial charge is 0.0331 e. The van der Waals surface area contributed by atoms with Crippen LogP contribution in [-0.4, -0.2) is 29.6 Å². The van der Waals surface area contributed by atoms with Crippen LogP contribution in [0.15, 0.2) is 15.9 Å². The average molecular weight is 343 g/mol. The number of hydrogen-bond acceptors (Lipinski definition) is 3. The molecule has 0 amide bonds. The second-order valence-corrected chi connectivity index (χ2v) is 8.30. The van der Waals surface area contributed by atoms with Crippen molar-refractivity contribution in [3.63, 3.8) is 0 Å². The van der Waals surface area contributed by atoms with Gasteiger partial charge in [-0.3, -0.25) is 4.90 Å². The molecular weight excluding hydrogens is 320 g/mol. The lowest BCUT2D eigenvalue weighted by Gasteiger charge is -2.35. The molecule has 1 saturated carbocycles. The van der Waals surface area contributed by atoms with Crippen molar-refractivity contribution >= 4 is 27.3 Å². The Bertz CT molecular complexity index is 443. The normalized spacial score (nSPS) is 33.3. The minimum atomic E-state index is 0.333. The number of hydrogen-bond donors (Lipinski definition) is 1. The first-order valence-electron chi connectivity index (χ1n) is 7.29. The summed E-state index contributed by atoms with van der Waals surface area (Å²) in [5.74, 6) is 0.898. The molecule has 0 bridgehead atoms. The molecule has 0 aromatic carbocycles. The van der Waals surface area contributed by atoms with Crippen LogP contribution >= 0.6 is 27.3 Å².